The fourth-order valence-corrected chi connectivity index (χ4v) is 2.60. The van der Waals surface area contributed by atoms with Crippen LogP contribution in [-0.2, 0) is 12.1 Å². The fraction of sp³-hybridized carbons (Fsp3) is 0.389. The van der Waals surface area contributed by atoms with Crippen molar-refractivity contribution in [1.82, 2.24) is 10.6 Å². The Morgan fingerprint density at radius 3 is 2.62 bits per heavy atom. The van der Waals surface area contributed by atoms with E-state index in [1.807, 2.05) is 31.2 Å². The van der Waals surface area contributed by atoms with Gasteiger partial charge in [0.15, 0.2) is 0 Å². The molecule has 1 aromatic heterocycles. The average molecular weight is 332 g/mol. The molecule has 0 aliphatic heterocycles. The van der Waals surface area contributed by atoms with Crippen LogP contribution < -0.4 is 15.4 Å². The highest BCUT2D eigenvalue weighted by Gasteiger charge is 2.28. The van der Waals surface area contributed by atoms with Crippen LogP contribution >= 0.6 is 0 Å². The number of furan rings is 1. The van der Waals surface area contributed by atoms with Crippen LogP contribution in [0.2, 0.25) is 0 Å². The SMILES string of the molecule is COc1ccccc1CNC(=O)NCC(C)(O)c1cc(C)oc1C. The molecule has 0 aliphatic carbocycles. The van der Waals surface area contributed by atoms with E-state index in [0.29, 0.717) is 23.6 Å². The maximum atomic E-state index is 12.0. The smallest absolute Gasteiger partial charge is 0.315 e. The third-order valence-corrected chi connectivity index (χ3v) is 3.85. The molecule has 24 heavy (non-hydrogen) atoms. The number of carbonyl (C=O) groups excluding carboxylic acids is 1. The van der Waals surface area contributed by atoms with Crippen molar-refractivity contribution in [2.24, 2.45) is 0 Å². The van der Waals surface area contributed by atoms with Gasteiger partial charge in [0.25, 0.3) is 0 Å². The lowest BCUT2D eigenvalue weighted by molar-refractivity contribution is 0.0579. The Bertz CT molecular complexity index is 707. The lowest BCUT2D eigenvalue weighted by Crippen LogP contribution is -2.43. The molecule has 0 bridgehead atoms. The first-order chi connectivity index (χ1) is 11.3. The van der Waals surface area contributed by atoms with Crippen molar-refractivity contribution in [2.45, 2.75) is 32.9 Å². The van der Waals surface area contributed by atoms with Crippen molar-refractivity contribution in [3.63, 3.8) is 0 Å². The molecule has 0 aliphatic rings. The Morgan fingerprint density at radius 1 is 1.29 bits per heavy atom. The molecule has 3 N–H and O–H groups in total. The van der Waals surface area contributed by atoms with Crippen LogP contribution in [0.1, 0.15) is 29.6 Å². The van der Waals surface area contributed by atoms with Gasteiger partial charge in [0.2, 0.25) is 0 Å². The summed E-state index contributed by atoms with van der Waals surface area (Å²) in [6.07, 6.45) is 0. The van der Waals surface area contributed by atoms with E-state index in [1.165, 1.54) is 0 Å². The molecule has 0 saturated carbocycles. The second-order valence-corrected chi connectivity index (χ2v) is 5.95. The number of hydrogen-bond donors (Lipinski definition) is 3. The topological polar surface area (TPSA) is 83.7 Å². The van der Waals surface area contributed by atoms with Crippen molar-refractivity contribution in [1.29, 1.82) is 0 Å². The van der Waals surface area contributed by atoms with Crippen molar-refractivity contribution in [3.8, 4) is 5.75 Å². The van der Waals surface area contributed by atoms with Gasteiger partial charge in [-0.3, -0.25) is 0 Å². The summed E-state index contributed by atoms with van der Waals surface area (Å²) in [5.74, 6) is 2.09. The fourth-order valence-electron chi connectivity index (χ4n) is 2.60. The maximum absolute atomic E-state index is 12.0. The van der Waals surface area contributed by atoms with E-state index < -0.39 is 5.60 Å². The van der Waals surface area contributed by atoms with Gasteiger partial charge in [0.1, 0.15) is 22.9 Å². The lowest BCUT2D eigenvalue weighted by Gasteiger charge is -2.23. The van der Waals surface area contributed by atoms with Crippen LogP contribution in [0.3, 0.4) is 0 Å². The summed E-state index contributed by atoms with van der Waals surface area (Å²) in [5.41, 5.74) is 0.345. The summed E-state index contributed by atoms with van der Waals surface area (Å²) >= 11 is 0. The predicted molar refractivity (Wildman–Crippen MR) is 91.0 cm³/mol. The molecular weight excluding hydrogens is 308 g/mol. The number of hydrogen-bond acceptors (Lipinski definition) is 4. The highest BCUT2D eigenvalue weighted by Crippen LogP contribution is 2.26. The van der Waals surface area contributed by atoms with Gasteiger partial charge in [-0.15, -0.1) is 0 Å². The molecule has 2 rings (SSSR count). The molecule has 0 fully saturated rings. The Labute approximate surface area is 141 Å². The minimum Gasteiger partial charge on any atom is -0.496 e. The van der Waals surface area contributed by atoms with Crippen LogP contribution in [-0.4, -0.2) is 24.8 Å². The molecule has 0 radical (unpaired) electrons. The number of benzene rings is 1. The molecule has 1 aromatic carbocycles. The van der Waals surface area contributed by atoms with E-state index in [1.54, 1.807) is 27.0 Å². The zero-order valence-electron chi connectivity index (χ0n) is 14.5. The van der Waals surface area contributed by atoms with Crippen LogP contribution in [0.4, 0.5) is 4.79 Å². The first-order valence-corrected chi connectivity index (χ1v) is 7.77. The molecule has 1 unspecified atom stereocenters. The van der Waals surface area contributed by atoms with Crippen LogP contribution in [0.15, 0.2) is 34.7 Å². The van der Waals surface area contributed by atoms with Gasteiger partial charge in [0, 0.05) is 17.7 Å². The normalized spacial score (nSPS) is 13.2. The standard InChI is InChI=1S/C18H24N2O4/c1-12-9-15(13(2)24-12)18(3,22)11-20-17(21)19-10-14-7-5-6-8-16(14)23-4/h5-9,22H,10-11H2,1-4H3,(H2,19,20,21). The molecule has 1 heterocycles. The summed E-state index contributed by atoms with van der Waals surface area (Å²) in [5, 5.41) is 16.0. The Hall–Kier alpha value is -2.47. The van der Waals surface area contributed by atoms with E-state index in [0.717, 1.165) is 11.3 Å². The van der Waals surface area contributed by atoms with Gasteiger partial charge >= 0.3 is 6.03 Å². The molecule has 0 saturated heterocycles. The van der Waals surface area contributed by atoms with Gasteiger partial charge in [-0.1, -0.05) is 18.2 Å². The largest absolute Gasteiger partial charge is 0.496 e. The van der Waals surface area contributed by atoms with Gasteiger partial charge in [0.05, 0.1) is 13.7 Å². The Balaban J connectivity index is 1.90. The number of para-hydroxylation sites is 1. The number of rotatable bonds is 6. The highest BCUT2D eigenvalue weighted by molar-refractivity contribution is 5.74. The highest BCUT2D eigenvalue weighted by atomic mass is 16.5. The minimum absolute atomic E-state index is 0.0740. The number of methoxy groups -OCH3 is 1. The van der Waals surface area contributed by atoms with Gasteiger partial charge in [-0.2, -0.15) is 0 Å². The predicted octanol–water partition coefficient (Wildman–Crippen LogP) is 2.61. The number of aryl methyl sites for hydroxylation is 2. The van der Waals surface area contributed by atoms with E-state index in [4.69, 9.17) is 9.15 Å². The van der Waals surface area contributed by atoms with Gasteiger partial charge in [-0.25, -0.2) is 4.79 Å². The van der Waals surface area contributed by atoms with Crippen molar-refractivity contribution < 1.29 is 19.1 Å². The molecule has 2 aromatic rings. The van der Waals surface area contributed by atoms with E-state index >= 15 is 0 Å². The summed E-state index contributed by atoms with van der Waals surface area (Å²) < 4.78 is 10.7. The maximum Gasteiger partial charge on any atom is 0.315 e. The number of nitrogens with one attached hydrogen (secondary N) is 2. The number of ether oxygens (including phenoxy) is 1. The molecule has 1 atom stereocenters. The first kappa shape index (κ1) is 17.9. The summed E-state index contributed by atoms with van der Waals surface area (Å²) in [6, 6.07) is 8.89. The van der Waals surface area contributed by atoms with Crippen LogP contribution in [0, 0.1) is 13.8 Å². The number of aliphatic hydroxyl groups is 1. The van der Waals surface area contributed by atoms with Crippen molar-refractivity contribution in [2.75, 3.05) is 13.7 Å². The van der Waals surface area contributed by atoms with E-state index in [-0.39, 0.29) is 12.6 Å². The molecular formula is C18H24N2O4. The first-order valence-electron chi connectivity index (χ1n) is 7.77. The Morgan fingerprint density at radius 2 is 2.00 bits per heavy atom. The van der Waals surface area contributed by atoms with Gasteiger partial charge < -0.3 is 24.9 Å². The van der Waals surface area contributed by atoms with Crippen molar-refractivity contribution in [3.05, 3.63) is 53.0 Å². The number of urea groups is 1. The number of amides is 2. The summed E-state index contributed by atoms with van der Waals surface area (Å²) in [4.78, 5) is 12.0. The van der Waals surface area contributed by atoms with E-state index in [2.05, 4.69) is 10.6 Å². The molecule has 2 amide bonds. The third-order valence-electron chi connectivity index (χ3n) is 3.85. The molecule has 0 spiro atoms. The minimum atomic E-state index is -1.20. The van der Waals surface area contributed by atoms with Gasteiger partial charge in [-0.05, 0) is 32.9 Å². The molecule has 130 valence electrons. The summed E-state index contributed by atoms with van der Waals surface area (Å²) in [7, 11) is 1.59. The third kappa shape index (κ3) is 4.29. The Kier molecular flexibility index (Phi) is 5.51. The zero-order valence-corrected chi connectivity index (χ0v) is 14.5. The summed E-state index contributed by atoms with van der Waals surface area (Å²) in [6.45, 7) is 5.66. The quantitative estimate of drug-likeness (QED) is 0.759. The zero-order chi connectivity index (χ0) is 17.7. The average Bonchev–Trinajstić information content (AvgIpc) is 2.90. The second-order valence-electron chi connectivity index (χ2n) is 5.95. The molecule has 6 heteroatoms. The monoisotopic (exact) mass is 332 g/mol. The lowest BCUT2D eigenvalue weighted by atomic mass is 9.96. The second kappa shape index (κ2) is 7.40. The van der Waals surface area contributed by atoms with Crippen LogP contribution in [0.5, 0.6) is 5.75 Å². The van der Waals surface area contributed by atoms with Crippen LogP contribution in [0.25, 0.3) is 0 Å². The molecule has 6 nitrogen and oxygen atoms in total. The van der Waals surface area contributed by atoms with Crippen molar-refractivity contribution >= 4 is 6.03 Å². The van der Waals surface area contributed by atoms with E-state index in [9.17, 15) is 9.90 Å². The number of carbonyl (C=O) groups is 1.